The molecule has 0 amide bonds. The van der Waals surface area contributed by atoms with Crippen LogP contribution in [0.2, 0.25) is 0 Å². The Bertz CT molecular complexity index is 855. The normalized spacial score (nSPS) is 15.0. The first-order chi connectivity index (χ1) is 11.5. The summed E-state index contributed by atoms with van der Waals surface area (Å²) in [6, 6.07) is 7.30. The Hall–Kier alpha value is -2.04. The Morgan fingerprint density at radius 3 is 2.16 bits per heavy atom. The van der Waals surface area contributed by atoms with E-state index in [0.29, 0.717) is 18.2 Å². The molecule has 0 radical (unpaired) electrons. The highest BCUT2D eigenvalue weighted by Crippen LogP contribution is 2.38. The Balaban J connectivity index is 2.37. The first-order valence-electron chi connectivity index (χ1n) is 6.77. The molecule has 0 bridgehead atoms. The fraction of sp³-hybridized carbons (Fsp3) is 0.200. The van der Waals surface area contributed by atoms with Gasteiger partial charge in [0, 0.05) is 0 Å². The topological polar surface area (TPSA) is 66.4 Å². The number of sulfonamides is 1. The molecule has 2 rings (SSSR count). The first kappa shape index (κ1) is 19.3. The van der Waals surface area contributed by atoms with Crippen molar-refractivity contribution in [1.82, 2.24) is 4.72 Å². The zero-order chi connectivity index (χ0) is 18.9. The fourth-order valence-electron chi connectivity index (χ4n) is 2.04. The second-order valence-electron chi connectivity index (χ2n) is 5.12. The second kappa shape index (κ2) is 6.70. The number of benzene rings is 2. The number of aliphatic hydroxyl groups is 1. The third-order valence-electron chi connectivity index (χ3n) is 3.42. The molecule has 25 heavy (non-hydrogen) atoms. The van der Waals surface area contributed by atoms with E-state index < -0.39 is 50.4 Å². The lowest BCUT2D eigenvalue weighted by Gasteiger charge is -2.31. The molecule has 0 aliphatic heterocycles. The molecule has 0 aromatic heterocycles. The molecule has 136 valence electrons. The standard InChI is InChI=1S/C15H12F5NO3S/c16-11-6-7-12(17)13(8-11)25(23,24)21-9-14(22,15(18,19)20)10-4-2-1-3-5-10/h1-8,21-22H,9H2/t14-/m0/s1. The summed E-state index contributed by atoms with van der Waals surface area (Å²) >= 11 is 0. The van der Waals surface area contributed by atoms with Gasteiger partial charge in [-0.15, -0.1) is 0 Å². The summed E-state index contributed by atoms with van der Waals surface area (Å²) in [7, 11) is -4.84. The molecule has 0 unspecified atom stereocenters. The van der Waals surface area contributed by atoms with Crippen LogP contribution >= 0.6 is 0 Å². The van der Waals surface area contributed by atoms with E-state index in [1.807, 2.05) is 0 Å². The van der Waals surface area contributed by atoms with Gasteiger partial charge < -0.3 is 5.11 Å². The van der Waals surface area contributed by atoms with E-state index in [9.17, 15) is 35.5 Å². The van der Waals surface area contributed by atoms with Crippen molar-refractivity contribution in [2.75, 3.05) is 6.54 Å². The molecule has 0 aliphatic rings. The van der Waals surface area contributed by atoms with E-state index in [0.717, 1.165) is 12.1 Å². The number of halogens is 5. The van der Waals surface area contributed by atoms with Crippen LogP contribution in [0.1, 0.15) is 5.56 Å². The average Bonchev–Trinajstić information content (AvgIpc) is 2.54. The lowest BCUT2D eigenvalue weighted by Crippen LogP contribution is -2.51. The van der Waals surface area contributed by atoms with Gasteiger partial charge in [-0.05, 0) is 23.8 Å². The van der Waals surface area contributed by atoms with Crippen LogP contribution in [0.5, 0.6) is 0 Å². The van der Waals surface area contributed by atoms with Crippen LogP contribution in [-0.2, 0) is 15.6 Å². The molecule has 0 aliphatic carbocycles. The summed E-state index contributed by atoms with van der Waals surface area (Å²) in [6.45, 7) is -1.52. The smallest absolute Gasteiger partial charge is 0.375 e. The molecule has 0 saturated carbocycles. The molecular weight excluding hydrogens is 369 g/mol. The van der Waals surface area contributed by atoms with E-state index in [2.05, 4.69) is 0 Å². The minimum atomic E-state index is -5.22. The van der Waals surface area contributed by atoms with E-state index in [-0.39, 0.29) is 0 Å². The number of hydrogen-bond donors (Lipinski definition) is 2. The zero-order valence-corrected chi connectivity index (χ0v) is 13.2. The summed E-state index contributed by atoms with van der Waals surface area (Å²) in [5.74, 6) is -2.43. The van der Waals surface area contributed by atoms with Crippen molar-refractivity contribution >= 4 is 10.0 Å². The first-order valence-corrected chi connectivity index (χ1v) is 8.25. The van der Waals surface area contributed by atoms with Gasteiger partial charge in [-0.2, -0.15) is 13.2 Å². The van der Waals surface area contributed by atoms with Gasteiger partial charge in [0.05, 0.1) is 6.54 Å². The highest BCUT2D eigenvalue weighted by Gasteiger charge is 2.55. The van der Waals surface area contributed by atoms with Gasteiger partial charge in [-0.3, -0.25) is 0 Å². The van der Waals surface area contributed by atoms with Gasteiger partial charge in [0.1, 0.15) is 16.5 Å². The molecule has 2 aromatic rings. The number of hydrogen-bond acceptors (Lipinski definition) is 3. The summed E-state index contributed by atoms with van der Waals surface area (Å²) in [5.41, 5.74) is -4.16. The predicted molar refractivity (Wildman–Crippen MR) is 77.9 cm³/mol. The third kappa shape index (κ3) is 3.97. The van der Waals surface area contributed by atoms with Gasteiger partial charge in [0.2, 0.25) is 10.0 Å². The molecule has 0 saturated heterocycles. The Morgan fingerprint density at radius 1 is 1.00 bits per heavy atom. The van der Waals surface area contributed by atoms with Crippen LogP contribution in [0.25, 0.3) is 0 Å². The molecule has 2 aromatic carbocycles. The van der Waals surface area contributed by atoms with Crippen LogP contribution in [0.3, 0.4) is 0 Å². The van der Waals surface area contributed by atoms with Crippen molar-refractivity contribution in [3.8, 4) is 0 Å². The minimum absolute atomic E-state index is 0.326. The monoisotopic (exact) mass is 381 g/mol. The lowest BCUT2D eigenvalue weighted by molar-refractivity contribution is -0.263. The molecule has 4 nitrogen and oxygen atoms in total. The largest absolute Gasteiger partial charge is 0.422 e. The maximum atomic E-state index is 13.6. The van der Waals surface area contributed by atoms with Gasteiger partial charge >= 0.3 is 6.18 Å². The zero-order valence-electron chi connectivity index (χ0n) is 12.4. The van der Waals surface area contributed by atoms with Crippen LogP contribution in [-0.4, -0.2) is 26.2 Å². The molecule has 10 heteroatoms. The summed E-state index contributed by atoms with van der Waals surface area (Å²) in [6.07, 6.45) is -5.22. The Kier molecular flexibility index (Phi) is 5.17. The molecule has 0 heterocycles. The summed E-state index contributed by atoms with van der Waals surface area (Å²) in [5, 5.41) is 10.0. The van der Waals surface area contributed by atoms with E-state index in [1.54, 1.807) is 0 Å². The van der Waals surface area contributed by atoms with Crippen molar-refractivity contribution in [2.45, 2.75) is 16.7 Å². The number of rotatable bonds is 5. The van der Waals surface area contributed by atoms with E-state index >= 15 is 0 Å². The molecule has 0 fully saturated rings. The SMILES string of the molecule is O=S(=O)(NC[C@](O)(c1ccccc1)C(F)(F)F)c1cc(F)ccc1F. The number of nitrogens with one attached hydrogen (secondary N) is 1. The fourth-order valence-corrected chi connectivity index (χ4v) is 3.19. The Morgan fingerprint density at radius 2 is 1.60 bits per heavy atom. The Labute approximate surface area is 140 Å². The third-order valence-corrected chi connectivity index (χ3v) is 4.84. The van der Waals surface area contributed by atoms with Crippen LogP contribution in [0.15, 0.2) is 53.4 Å². The van der Waals surface area contributed by atoms with Crippen molar-refractivity contribution in [1.29, 1.82) is 0 Å². The maximum absolute atomic E-state index is 13.6. The minimum Gasteiger partial charge on any atom is -0.375 e. The predicted octanol–water partition coefficient (Wildman–Crippen LogP) is 2.69. The van der Waals surface area contributed by atoms with Crippen molar-refractivity contribution in [2.24, 2.45) is 0 Å². The van der Waals surface area contributed by atoms with Gasteiger partial charge in [-0.1, -0.05) is 30.3 Å². The van der Waals surface area contributed by atoms with Gasteiger partial charge in [0.15, 0.2) is 5.60 Å². The van der Waals surface area contributed by atoms with E-state index in [1.165, 1.54) is 22.9 Å². The average molecular weight is 381 g/mol. The van der Waals surface area contributed by atoms with Gasteiger partial charge in [0.25, 0.3) is 0 Å². The van der Waals surface area contributed by atoms with Crippen LogP contribution < -0.4 is 4.72 Å². The molecule has 2 N–H and O–H groups in total. The molecule has 0 spiro atoms. The highest BCUT2D eigenvalue weighted by molar-refractivity contribution is 7.89. The molecular formula is C15H12F5NO3S. The van der Waals surface area contributed by atoms with E-state index in [4.69, 9.17) is 0 Å². The maximum Gasteiger partial charge on any atom is 0.422 e. The lowest BCUT2D eigenvalue weighted by atomic mass is 9.93. The van der Waals surface area contributed by atoms with Crippen LogP contribution in [0.4, 0.5) is 22.0 Å². The second-order valence-corrected chi connectivity index (χ2v) is 6.86. The van der Waals surface area contributed by atoms with Crippen LogP contribution in [0, 0.1) is 11.6 Å². The van der Waals surface area contributed by atoms with Crippen molar-refractivity contribution < 1.29 is 35.5 Å². The van der Waals surface area contributed by atoms with Crippen molar-refractivity contribution in [3.05, 3.63) is 65.7 Å². The highest BCUT2D eigenvalue weighted by atomic mass is 32.2. The number of alkyl halides is 3. The van der Waals surface area contributed by atoms with Crippen molar-refractivity contribution in [3.63, 3.8) is 0 Å². The summed E-state index contributed by atoms with van der Waals surface area (Å²) < 4.78 is 92.1. The summed E-state index contributed by atoms with van der Waals surface area (Å²) in [4.78, 5) is -1.16. The quantitative estimate of drug-likeness (QED) is 0.783. The van der Waals surface area contributed by atoms with Gasteiger partial charge in [-0.25, -0.2) is 21.9 Å². The molecule has 1 atom stereocenters.